The molecular weight excluding hydrogens is 150 g/mol. The molecule has 0 radical (unpaired) electrons. The van der Waals surface area contributed by atoms with E-state index < -0.39 is 0 Å². The summed E-state index contributed by atoms with van der Waals surface area (Å²) in [5, 5.41) is 0. The van der Waals surface area contributed by atoms with Gasteiger partial charge < -0.3 is 0 Å². The molecule has 12 heavy (non-hydrogen) atoms. The number of hydrogen-bond donors (Lipinski definition) is 1. The third-order valence-electron chi connectivity index (χ3n) is 1.36. The van der Waals surface area contributed by atoms with Crippen molar-refractivity contribution in [3.63, 3.8) is 0 Å². The van der Waals surface area contributed by atoms with Crippen LogP contribution < -0.4 is 5.43 Å². The van der Waals surface area contributed by atoms with Crippen LogP contribution in [0.25, 0.3) is 0 Å². The molecule has 0 unspecified atom stereocenters. The number of aryl methyl sites for hydroxylation is 1. The Balaban J connectivity index is 2.71. The van der Waals surface area contributed by atoms with Crippen LogP contribution in [0.2, 0.25) is 0 Å². The summed E-state index contributed by atoms with van der Waals surface area (Å²) >= 11 is 0. The SMILES string of the molecule is Cc1ccc(N[N+](C)(C)C)nc1. The molecule has 0 aromatic carbocycles. The summed E-state index contributed by atoms with van der Waals surface area (Å²) in [5.74, 6) is 0.910. The fourth-order valence-electron chi connectivity index (χ4n) is 0.878. The van der Waals surface area contributed by atoms with Gasteiger partial charge in [-0.15, -0.1) is 0 Å². The predicted molar refractivity (Wildman–Crippen MR) is 50.6 cm³/mol. The molecule has 1 heterocycles. The fourth-order valence-corrected chi connectivity index (χ4v) is 0.878. The Morgan fingerprint density at radius 2 is 1.92 bits per heavy atom. The topological polar surface area (TPSA) is 24.9 Å². The summed E-state index contributed by atoms with van der Waals surface area (Å²) in [6.07, 6.45) is 1.86. The molecule has 1 rings (SSSR count). The highest BCUT2D eigenvalue weighted by atomic mass is 15.6. The van der Waals surface area contributed by atoms with Crippen molar-refractivity contribution in [2.75, 3.05) is 26.6 Å². The molecule has 0 atom stereocenters. The first-order chi connectivity index (χ1) is 5.47. The number of hydrogen-bond acceptors (Lipinski definition) is 2. The maximum atomic E-state index is 4.24. The van der Waals surface area contributed by atoms with Crippen molar-refractivity contribution < 1.29 is 4.59 Å². The molecule has 3 heteroatoms. The average molecular weight is 166 g/mol. The molecule has 0 aliphatic carbocycles. The number of nitrogens with zero attached hydrogens (tertiary/aromatic N) is 2. The van der Waals surface area contributed by atoms with E-state index >= 15 is 0 Å². The summed E-state index contributed by atoms with van der Waals surface area (Å²) < 4.78 is 0.677. The highest BCUT2D eigenvalue weighted by Crippen LogP contribution is 2.05. The molecule has 1 aromatic heterocycles. The first-order valence-corrected chi connectivity index (χ1v) is 4.00. The zero-order valence-corrected chi connectivity index (χ0v) is 8.13. The van der Waals surface area contributed by atoms with Crippen molar-refractivity contribution in [2.24, 2.45) is 0 Å². The molecule has 0 spiro atoms. The predicted octanol–water partition coefficient (Wildman–Crippen LogP) is 1.42. The third-order valence-corrected chi connectivity index (χ3v) is 1.36. The summed E-state index contributed by atoms with van der Waals surface area (Å²) in [7, 11) is 6.17. The van der Waals surface area contributed by atoms with Crippen molar-refractivity contribution in [3.05, 3.63) is 23.9 Å². The minimum absolute atomic E-state index is 0.677. The molecule has 3 nitrogen and oxygen atoms in total. The maximum Gasteiger partial charge on any atom is 0.173 e. The van der Waals surface area contributed by atoms with E-state index in [0.29, 0.717) is 4.59 Å². The molecule has 1 aromatic rings. The fraction of sp³-hybridized carbons (Fsp3) is 0.444. The number of quaternary nitrogens is 1. The van der Waals surface area contributed by atoms with E-state index in [4.69, 9.17) is 0 Å². The summed E-state index contributed by atoms with van der Waals surface area (Å²) in [6, 6.07) is 4.03. The molecule has 0 aliphatic heterocycles. The van der Waals surface area contributed by atoms with E-state index in [-0.39, 0.29) is 0 Å². The van der Waals surface area contributed by atoms with E-state index in [2.05, 4.69) is 31.6 Å². The molecule has 0 saturated carbocycles. The molecule has 0 bridgehead atoms. The monoisotopic (exact) mass is 166 g/mol. The number of anilines is 1. The first kappa shape index (κ1) is 9.00. The highest BCUT2D eigenvalue weighted by Gasteiger charge is 2.06. The van der Waals surface area contributed by atoms with Crippen LogP contribution in [0.4, 0.5) is 5.82 Å². The van der Waals surface area contributed by atoms with Gasteiger partial charge in [0.05, 0.1) is 21.1 Å². The molecule has 1 N–H and O–H groups in total. The van der Waals surface area contributed by atoms with Gasteiger partial charge in [0.2, 0.25) is 0 Å². The van der Waals surface area contributed by atoms with Crippen LogP contribution in [0.1, 0.15) is 5.56 Å². The van der Waals surface area contributed by atoms with Gasteiger partial charge in [-0.05, 0) is 18.6 Å². The average Bonchev–Trinajstić information content (AvgIpc) is 1.91. The van der Waals surface area contributed by atoms with Gasteiger partial charge in [-0.2, -0.15) is 0 Å². The standard InChI is InChI=1S/C9H16N3/c1-8-5-6-9(10-7-8)11-12(2,3)4/h5-7H,1-4H3,(H,10,11)/q+1. The Morgan fingerprint density at radius 1 is 1.25 bits per heavy atom. The van der Waals surface area contributed by atoms with Gasteiger partial charge in [0.1, 0.15) is 0 Å². The molecule has 0 saturated heterocycles. The van der Waals surface area contributed by atoms with Crippen molar-refractivity contribution in [1.29, 1.82) is 0 Å². The van der Waals surface area contributed by atoms with Crippen molar-refractivity contribution in [3.8, 4) is 0 Å². The zero-order chi connectivity index (χ0) is 9.19. The van der Waals surface area contributed by atoms with E-state index in [1.54, 1.807) is 0 Å². The molecular formula is C9H16N3+. The first-order valence-electron chi connectivity index (χ1n) is 4.00. The normalized spacial score (nSPS) is 11.3. The van der Waals surface area contributed by atoms with Crippen molar-refractivity contribution >= 4 is 5.82 Å². The van der Waals surface area contributed by atoms with Gasteiger partial charge in [-0.25, -0.2) is 15.0 Å². The van der Waals surface area contributed by atoms with Crippen LogP contribution in [0.3, 0.4) is 0 Å². The summed E-state index contributed by atoms with van der Waals surface area (Å²) in [6.45, 7) is 2.03. The van der Waals surface area contributed by atoms with E-state index in [1.165, 1.54) is 5.56 Å². The van der Waals surface area contributed by atoms with Gasteiger partial charge in [-0.3, -0.25) is 0 Å². The van der Waals surface area contributed by atoms with Crippen LogP contribution >= 0.6 is 0 Å². The van der Waals surface area contributed by atoms with Gasteiger partial charge in [0.15, 0.2) is 5.82 Å². The Hall–Kier alpha value is -1.09. The quantitative estimate of drug-likeness (QED) is 0.531. The summed E-state index contributed by atoms with van der Waals surface area (Å²) in [5.41, 5.74) is 4.42. The third kappa shape index (κ3) is 2.88. The van der Waals surface area contributed by atoms with Crippen LogP contribution in [-0.4, -0.2) is 30.7 Å². The van der Waals surface area contributed by atoms with Crippen LogP contribution in [0.15, 0.2) is 18.3 Å². The van der Waals surface area contributed by atoms with E-state index in [1.807, 2.05) is 25.3 Å². The van der Waals surface area contributed by atoms with E-state index in [9.17, 15) is 0 Å². The Morgan fingerprint density at radius 3 is 2.33 bits per heavy atom. The molecule has 66 valence electrons. The van der Waals surface area contributed by atoms with Crippen LogP contribution in [0.5, 0.6) is 0 Å². The largest absolute Gasteiger partial charge is 0.235 e. The van der Waals surface area contributed by atoms with Gasteiger partial charge in [0.25, 0.3) is 0 Å². The van der Waals surface area contributed by atoms with E-state index in [0.717, 1.165) is 5.82 Å². The Kier molecular flexibility index (Phi) is 2.33. The lowest BCUT2D eigenvalue weighted by atomic mass is 10.3. The van der Waals surface area contributed by atoms with Crippen LogP contribution in [0, 0.1) is 6.92 Å². The molecule has 0 fully saturated rings. The second-order valence-corrected chi connectivity index (χ2v) is 3.85. The number of aromatic nitrogens is 1. The molecule has 0 aliphatic rings. The number of nitrogens with one attached hydrogen (secondary N) is 1. The lowest BCUT2D eigenvalue weighted by Gasteiger charge is -2.23. The minimum atomic E-state index is 0.677. The Bertz CT molecular complexity index is 245. The lowest BCUT2D eigenvalue weighted by Crippen LogP contribution is -2.40. The highest BCUT2D eigenvalue weighted by molar-refractivity contribution is 5.32. The minimum Gasteiger partial charge on any atom is -0.235 e. The van der Waals surface area contributed by atoms with Gasteiger partial charge in [0, 0.05) is 6.20 Å². The zero-order valence-electron chi connectivity index (χ0n) is 8.13. The smallest absolute Gasteiger partial charge is 0.173 e. The lowest BCUT2D eigenvalue weighted by molar-refractivity contribution is -0.848. The van der Waals surface area contributed by atoms with Gasteiger partial charge >= 0.3 is 0 Å². The summed E-state index contributed by atoms with van der Waals surface area (Å²) in [4.78, 5) is 4.24. The van der Waals surface area contributed by atoms with Gasteiger partial charge in [-0.1, -0.05) is 6.07 Å². The maximum absolute atomic E-state index is 4.24. The number of rotatable bonds is 2. The van der Waals surface area contributed by atoms with Crippen LogP contribution in [-0.2, 0) is 0 Å². The van der Waals surface area contributed by atoms with Crippen molar-refractivity contribution in [1.82, 2.24) is 4.98 Å². The number of pyridine rings is 1. The van der Waals surface area contributed by atoms with Crippen molar-refractivity contribution in [2.45, 2.75) is 6.92 Å². The Labute approximate surface area is 73.6 Å². The second kappa shape index (κ2) is 3.11. The molecule has 0 amide bonds. The second-order valence-electron chi connectivity index (χ2n) is 3.85.